The summed E-state index contributed by atoms with van der Waals surface area (Å²) in [6.45, 7) is 9.75. The monoisotopic (exact) mass is 296 g/mol. The van der Waals surface area contributed by atoms with Gasteiger partial charge in [0, 0.05) is 19.4 Å². The zero-order chi connectivity index (χ0) is 16.0. The van der Waals surface area contributed by atoms with Gasteiger partial charge in [0.1, 0.15) is 5.54 Å². The van der Waals surface area contributed by atoms with Crippen LogP contribution in [0.5, 0.6) is 0 Å². The highest BCUT2D eigenvalue weighted by molar-refractivity contribution is 5.99. The van der Waals surface area contributed by atoms with Crippen LogP contribution in [-0.4, -0.2) is 41.5 Å². The maximum absolute atomic E-state index is 12.3. The smallest absolute Gasteiger partial charge is 0.332 e. The maximum Gasteiger partial charge on any atom is 0.332 e. The first-order chi connectivity index (χ1) is 9.86. The van der Waals surface area contributed by atoms with Crippen molar-refractivity contribution in [2.75, 3.05) is 13.2 Å². The van der Waals surface area contributed by atoms with Crippen LogP contribution in [-0.2, 0) is 14.3 Å². The molecule has 0 aromatic rings. The standard InChI is InChI=1S/C15H24N2O4/c1-5-9-17-12(18)7-8-15(10-11(3)4,16-14(17)20)13(19)21-6-2/h3,5-10H2,1-2,4H3,(H,16,20). The molecule has 1 aliphatic heterocycles. The number of carbonyl (C=O) groups excluding carboxylic acids is 3. The van der Waals surface area contributed by atoms with Crippen molar-refractivity contribution in [1.29, 1.82) is 0 Å². The van der Waals surface area contributed by atoms with E-state index in [-0.39, 0.29) is 31.8 Å². The molecule has 1 atom stereocenters. The fourth-order valence-corrected chi connectivity index (χ4v) is 2.50. The number of carbonyl (C=O) groups is 3. The molecule has 3 amide bonds. The molecule has 21 heavy (non-hydrogen) atoms. The molecule has 6 heteroatoms. The number of urea groups is 1. The number of ether oxygens (including phenoxy) is 1. The van der Waals surface area contributed by atoms with Gasteiger partial charge in [-0.2, -0.15) is 0 Å². The molecule has 1 saturated heterocycles. The lowest BCUT2D eigenvalue weighted by molar-refractivity contribution is -0.151. The Bertz CT molecular complexity index is 447. The van der Waals surface area contributed by atoms with E-state index < -0.39 is 17.5 Å². The van der Waals surface area contributed by atoms with Crippen molar-refractivity contribution in [3.05, 3.63) is 12.2 Å². The highest BCUT2D eigenvalue weighted by Gasteiger charge is 2.45. The third kappa shape index (κ3) is 4.06. The maximum atomic E-state index is 12.3. The molecule has 0 aliphatic carbocycles. The summed E-state index contributed by atoms with van der Waals surface area (Å²) in [6, 6.07) is -0.534. The predicted octanol–water partition coefficient (Wildman–Crippen LogP) is 2.00. The summed E-state index contributed by atoms with van der Waals surface area (Å²) in [7, 11) is 0. The molecular formula is C15H24N2O4. The molecule has 1 N–H and O–H groups in total. The van der Waals surface area contributed by atoms with E-state index in [1.165, 1.54) is 4.90 Å². The summed E-state index contributed by atoms with van der Waals surface area (Å²) in [5, 5.41) is 2.70. The summed E-state index contributed by atoms with van der Waals surface area (Å²) in [5.41, 5.74) is -0.448. The number of esters is 1. The zero-order valence-electron chi connectivity index (χ0n) is 13.0. The first-order valence-electron chi connectivity index (χ1n) is 7.30. The molecule has 0 aromatic carbocycles. The van der Waals surface area contributed by atoms with E-state index in [9.17, 15) is 14.4 Å². The van der Waals surface area contributed by atoms with E-state index in [2.05, 4.69) is 11.9 Å². The highest BCUT2D eigenvalue weighted by atomic mass is 16.5. The molecule has 1 unspecified atom stereocenters. The van der Waals surface area contributed by atoms with Crippen LogP contribution in [0.2, 0.25) is 0 Å². The van der Waals surface area contributed by atoms with Crippen LogP contribution < -0.4 is 5.32 Å². The average molecular weight is 296 g/mol. The van der Waals surface area contributed by atoms with Gasteiger partial charge in [-0.05, 0) is 26.7 Å². The lowest BCUT2D eigenvalue weighted by atomic mass is 9.87. The Morgan fingerprint density at radius 1 is 1.43 bits per heavy atom. The van der Waals surface area contributed by atoms with Gasteiger partial charge >= 0.3 is 12.0 Å². The quantitative estimate of drug-likeness (QED) is 0.601. The summed E-state index contributed by atoms with van der Waals surface area (Å²) in [5.74, 6) is -0.769. The Labute approximate surface area is 125 Å². The Kier molecular flexibility index (Phi) is 5.93. The normalized spacial score (nSPS) is 22.5. The van der Waals surface area contributed by atoms with Gasteiger partial charge < -0.3 is 10.1 Å². The summed E-state index contributed by atoms with van der Waals surface area (Å²) >= 11 is 0. The van der Waals surface area contributed by atoms with E-state index in [0.717, 1.165) is 5.57 Å². The molecule has 0 aromatic heterocycles. The topological polar surface area (TPSA) is 75.7 Å². The summed E-state index contributed by atoms with van der Waals surface area (Å²) < 4.78 is 5.10. The number of nitrogens with zero attached hydrogens (tertiary/aromatic N) is 1. The average Bonchev–Trinajstić information content (AvgIpc) is 2.51. The second kappa shape index (κ2) is 7.24. The van der Waals surface area contributed by atoms with E-state index in [1.807, 2.05) is 6.92 Å². The Morgan fingerprint density at radius 2 is 2.10 bits per heavy atom. The van der Waals surface area contributed by atoms with E-state index in [4.69, 9.17) is 4.74 Å². The van der Waals surface area contributed by atoms with Gasteiger partial charge in [0.05, 0.1) is 6.61 Å². The van der Waals surface area contributed by atoms with Crippen molar-refractivity contribution in [3.63, 3.8) is 0 Å². The number of nitrogens with one attached hydrogen (secondary N) is 1. The van der Waals surface area contributed by atoms with E-state index in [0.29, 0.717) is 13.0 Å². The molecule has 1 fully saturated rings. The van der Waals surface area contributed by atoms with Crippen LogP contribution >= 0.6 is 0 Å². The molecule has 0 bridgehead atoms. The minimum absolute atomic E-state index is 0.130. The number of hydrogen-bond donors (Lipinski definition) is 1. The second-order valence-electron chi connectivity index (χ2n) is 5.41. The zero-order valence-corrected chi connectivity index (χ0v) is 13.0. The highest BCUT2D eigenvalue weighted by Crippen LogP contribution is 2.27. The lowest BCUT2D eigenvalue weighted by Gasteiger charge is -2.31. The summed E-state index contributed by atoms with van der Waals surface area (Å²) in [6.07, 6.45) is 1.30. The van der Waals surface area contributed by atoms with Crippen LogP contribution in [0.3, 0.4) is 0 Å². The third-order valence-electron chi connectivity index (χ3n) is 3.37. The van der Waals surface area contributed by atoms with Gasteiger partial charge in [-0.1, -0.05) is 12.5 Å². The van der Waals surface area contributed by atoms with Crippen LogP contribution in [0.4, 0.5) is 4.79 Å². The minimum Gasteiger partial charge on any atom is -0.464 e. The van der Waals surface area contributed by atoms with Crippen LogP contribution in [0, 0.1) is 0 Å². The lowest BCUT2D eigenvalue weighted by Crippen LogP contribution is -2.57. The number of amides is 3. The van der Waals surface area contributed by atoms with Gasteiger partial charge in [-0.25, -0.2) is 9.59 Å². The molecule has 1 aliphatic rings. The first-order valence-corrected chi connectivity index (χ1v) is 7.30. The SMILES string of the molecule is C=C(C)CC1(C(=O)OCC)CCC(=O)N(CCC)C(=O)N1. The van der Waals surface area contributed by atoms with Crippen LogP contribution in [0.1, 0.15) is 46.5 Å². The van der Waals surface area contributed by atoms with Crippen molar-refractivity contribution in [3.8, 4) is 0 Å². The van der Waals surface area contributed by atoms with Gasteiger partial charge in [0.25, 0.3) is 0 Å². The minimum atomic E-state index is -1.20. The Hall–Kier alpha value is -1.85. The van der Waals surface area contributed by atoms with Crippen molar-refractivity contribution in [2.45, 2.75) is 52.0 Å². The van der Waals surface area contributed by atoms with Gasteiger partial charge in [0.15, 0.2) is 0 Å². The Morgan fingerprint density at radius 3 is 2.62 bits per heavy atom. The molecule has 1 rings (SSSR count). The molecule has 0 radical (unpaired) electrons. The largest absolute Gasteiger partial charge is 0.464 e. The van der Waals surface area contributed by atoms with Crippen LogP contribution in [0.15, 0.2) is 12.2 Å². The fraction of sp³-hybridized carbons (Fsp3) is 0.667. The van der Waals surface area contributed by atoms with Crippen LogP contribution in [0.25, 0.3) is 0 Å². The summed E-state index contributed by atoms with van der Waals surface area (Å²) in [4.78, 5) is 37.8. The van der Waals surface area contributed by atoms with Crippen molar-refractivity contribution < 1.29 is 19.1 Å². The van der Waals surface area contributed by atoms with Crippen molar-refractivity contribution >= 4 is 17.9 Å². The molecule has 0 spiro atoms. The van der Waals surface area contributed by atoms with Crippen molar-refractivity contribution in [1.82, 2.24) is 10.2 Å². The molecule has 0 saturated carbocycles. The fourth-order valence-electron chi connectivity index (χ4n) is 2.50. The van der Waals surface area contributed by atoms with Gasteiger partial charge in [-0.3, -0.25) is 9.69 Å². The van der Waals surface area contributed by atoms with E-state index >= 15 is 0 Å². The Balaban J connectivity index is 3.09. The molecule has 118 valence electrons. The number of imide groups is 1. The molecule has 1 heterocycles. The van der Waals surface area contributed by atoms with Gasteiger partial charge in [0.2, 0.25) is 5.91 Å². The predicted molar refractivity (Wildman–Crippen MR) is 78.6 cm³/mol. The van der Waals surface area contributed by atoms with Crippen molar-refractivity contribution in [2.24, 2.45) is 0 Å². The van der Waals surface area contributed by atoms with E-state index in [1.54, 1.807) is 13.8 Å². The first kappa shape index (κ1) is 17.2. The number of hydrogen-bond acceptors (Lipinski definition) is 4. The molecular weight excluding hydrogens is 272 g/mol. The second-order valence-corrected chi connectivity index (χ2v) is 5.41. The number of rotatable bonds is 6. The third-order valence-corrected chi connectivity index (χ3v) is 3.37. The molecule has 6 nitrogen and oxygen atoms in total. The van der Waals surface area contributed by atoms with Gasteiger partial charge in [-0.15, -0.1) is 6.58 Å².